The predicted octanol–water partition coefficient (Wildman–Crippen LogP) is 2.59. The summed E-state index contributed by atoms with van der Waals surface area (Å²) in [5.74, 6) is 0. The highest BCUT2D eigenvalue weighted by molar-refractivity contribution is 5.54. The molecule has 0 rings (SSSR count). The molecule has 0 spiro atoms. The summed E-state index contributed by atoms with van der Waals surface area (Å²) in [6, 6.07) is 0. The van der Waals surface area contributed by atoms with Crippen LogP contribution in [-0.2, 0) is 0 Å². The Morgan fingerprint density at radius 3 is 1.92 bits per heavy atom. The van der Waals surface area contributed by atoms with Crippen LogP contribution in [0.5, 0.6) is 0 Å². The summed E-state index contributed by atoms with van der Waals surface area (Å²) in [6.45, 7) is 10.8. The van der Waals surface area contributed by atoms with Crippen molar-refractivity contribution >= 4 is 6.21 Å². The SMILES string of the molecule is CC=NC(C)(C)CC(C)(C)N(C)C. The zero-order chi connectivity index (χ0) is 10.7. The van der Waals surface area contributed by atoms with Gasteiger partial charge in [0, 0.05) is 5.54 Å². The normalized spacial score (nSPS) is 14.5. The predicted molar refractivity (Wildman–Crippen MR) is 60.6 cm³/mol. The lowest BCUT2D eigenvalue weighted by Crippen LogP contribution is -2.43. The van der Waals surface area contributed by atoms with E-state index in [1.54, 1.807) is 0 Å². The Morgan fingerprint density at radius 2 is 1.62 bits per heavy atom. The van der Waals surface area contributed by atoms with Crippen LogP contribution >= 0.6 is 0 Å². The number of aliphatic imine (C=N–C) groups is 1. The number of hydrogen-bond acceptors (Lipinski definition) is 2. The first-order chi connectivity index (χ1) is 5.71. The summed E-state index contributed by atoms with van der Waals surface area (Å²) in [6.07, 6.45) is 2.96. The molecule has 0 fully saturated rings. The van der Waals surface area contributed by atoms with Gasteiger partial charge in [-0.3, -0.25) is 4.99 Å². The van der Waals surface area contributed by atoms with Gasteiger partial charge in [0.05, 0.1) is 5.54 Å². The molecule has 0 aliphatic heterocycles. The van der Waals surface area contributed by atoms with Gasteiger partial charge in [0.2, 0.25) is 0 Å². The van der Waals surface area contributed by atoms with Gasteiger partial charge in [0.15, 0.2) is 0 Å². The largest absolute Gasteiger partial charge is 0.304 e. The van der Waals surface area contributed by atoms with Crippen molar-refractivity contribution in [3.8, 4) is 0 Å². The van der Waals surface area contributed by atoms with E-state index in [-0.39, 0.29) is 11.1 Å². The summed E-state index contributed by atoms with van der Waals surface area (Å²) in [4.78, 5) is 6.72. The second-order valence-electron chi connectivity index (χ2n) is 5.08. The Bertz CT molecular complexity index is 179. The summed E-state index contributed by atoms with van der Waals surface area (Å²) < 4.78 is 0. The molecule has 0 saturated carbocycles. The average molecular weight is 184 g/mol. The van der Waals surface area contributed by atoms with E-state index in [2.05, 4.69) is 51.7 Å². The van der Waals surface area contributed by atoms with Crippen molar-refractivity contribution in [2.75, 3.05) is 14.1 Å². The zero-order valence-corrected chi connectivity index (χ0v) is 10.2. The van der Waals surface area contributed by atoms with E-state index in [1.165, 1.54) is 0 Å². The molecule has 2 heteroatoms. The second-order valence-corrected chi connectivity index (χ2v) is 5.08. The highest BCUT2D eigenvalue weighted by Crippen LogP contribution is 2.26. The minimum Gasteiger partial charge on any atom is -0.304 e. The van der Waals surface area contributed by atoms with E-state index < -0.39 is 0 Å². The molecule has 0 heterocycles. The van der Waals surface area contributed by atoms with Crippen LogP contribution in [0.1, 0.15) is 41.0 Å². The first-order valence-electron chi connectivity index (χ1n) is 4.88. The van der Waals surface area contributed by atoms with Crippen LogP contribution < -0.4 is 0 Å². The molecule has 0 aliphatic rings. The van der Waals surface area contributed by atoms with Crippen molar-refractivity contribution in [3.05, 3.63) is 0 Å². The summed E-state index contributed by atoms with van der Waals surface area (Å²) in [5, 5.41) is 0. The van der Waals surface area contributed by atoms with Crippen LogP contribution in [-0.4, -0.2) is 36.3 Å². The van der Waals surface area contributed by atoms with Gasteiger partial charge in [0.25, 0.3) is 0 Å². The fourth-order valence-electron chi connectivity index (χ4n) is 1.61. The first kappa shape index (κ1) is 12.6. The van der Waals surface area contributed by atoms with Crippen LogP contribution in [0.15, 0.2) is 4.99 Å². The van der Waals surface area contributed by atoms with E-state index in [0.29, 0.717) is 0 Å². The van der Waals surface area contributed by atoms with E-state index in [1.807, 2.05) is 13.1 Å². The Hall–Kier alpha value is -0.370. The molecule has 0 aliphatic carbocycles. The molecule has 0 unspecified atom stereocenters. The molecule has 0 N–H and O–H groups in total. The van der Waals surface area contributed by atoms with Crippen LogP contribution in [0.4, 0.5) is 0 Å². The molecular formula is C11H24N2. The van der Waals surface area contributed by atoms with Crippen molar-refractivity contribution in [2.24, 2.45) is 4.99 Å². The fraction of sp³-hybridized carbons (Fsp3) is 0.909. The van der Waals surface area contributed by atoms with Gasteiger partial charge in [-0.15, -0.1) is 0 Å². The lowest BCUT2D eigenvalue weighted by Gasteiger charge is -2.37. The van der Waals surface area contributed by atoms with Crippen molar-refractivity contribution in [3.63, 3.8) is 0 Å². The summed E-state index contributed by atoms with van der Waals surface area (Å²) in [7, 11) is 4.23. The van der Waals surface area contributed by atoms with Gasteiger partial charge in [-0.2, -0.15) is 0 Å². The quantitative estimate of drug-likeness (QED) is 0.613. The number of nitrogens with zero attached hydrogens (tertiary/aromatic N) is 2. The van der Waals surface area contributed by atoms with E-state index in [4.69, 9.17) is 0 Å². The maximum absolute atomic E-state index is 4.47. The molecule has 0 atom stereocenters. The molecule has 78 valence electrons. The van der Waals surface area contributed by atoms with E-state index >= 15 is 0 Å². The van der Waals surface area contributed by atoms with Gasteiger partial charge in [-0.25, -0.2) is 0 Å². The summed E-state index contributed by atoms with van der Waals surface area (Å²) in [5.41, 5.74) is 0.249. The third-order valence-electron chi connectivity index (χ3n) is 2.55. The molecule has 0 bridgehead atoms. The Balaban J connectivity index is 4.42. The van der Waals surface area contributed by atoms with Crippen molar-refractivity contribution in [1.82, 2.24) is 4.90 Å². The van der Waals surface area contributed by atoms with Crippen LogP contribution in [0.2, 0.25) is 0 Å². The van der Waals surface area contributed by atoms with Gasteiger partial charge in [0.1, 0.15) is 0 Å². The number of hydrogen-bond donors (Lipinski definition) is 0. The molecule has 0 amide bonds. The Kier molecular flexibility index (Phi) is 4.11. The Morgan fingerprint density at radius 1 is 1.15 bits per heavy atom. The van der Waals surface area contributed by atoms with Crippen LogP contribution in [0.3, 0.4) is 0 Å². The maximum atomic E-state index is 4.47. The molecule has 13 heavy (non-hydrogen) atoms. The highest BCUT2D eigenvalue weighted by Gasteiger charge is 2.29. The maximum Gasteiger partial charge on any atom is 0.0565 e. The molecular weight excluding hydrogens is 160 g/mol. The minimum absolute atomic E-state index is 0.0442. The second kappa shape index (κ2) is 4.23. The van der Waals surface area contributed by atoms with Crippen molar-refractivity contribution in [1.29, 1.82) is 0 Å². The van der Waals surface area contributed by atoms with Gasteiger partial charge in [-0.05, 0) is 61.3 Å². The first-order valence-corrected chi connectivity index (χ1v) is 4.88. The van der Waals surface area contributed by atoms with Gasteiger partial charge < -0.3 is 4.90 Å². The summed E-state index contributed by atoms with van der Waals surface area (Å²) >= 11 is 0. The lowest BCUT2D eigenvalue weighted by molar-refractivity contribution is 0.153. The van der Waals surface area contributed by atoms with Gasteiger partial charge in [-0.1, -0.05) is 0 Å². The fourth-order valence-corrected chi connectivity index (χ4v) is 1.61. The van der Waals surface area contributed by atoms with Crippen LogP contribution in [0.25, 0.3) is 0 Å². The van der Waals surface area contributed by atoms with Crippen LogP contribution in [0, 0.1) is 0 Å². The average Bonchev–Trinajstić information content (AvgIpc) is 1.83. The minimum atomic E-state index is 0.0442. The molecule has 0 aromatic heterocycles. The van der Waals surface area contributed by atoms with Crippen molar-refractivity contribution in [2.45, 2.75) is 52.1 Å². The monoisotopic (exact) mass is 184 g/mol. The molecule has 0 radical (unpaired) electrons. The molecule has 0 aromatic carbocycles. The zero-order valence-electron chi connectivity index (χ0n) is 10.2. The van der Waals surface area contributed by atoms with Gasteiger partial charge >= 0.3 is 0 Å². The third kappa shape index (κ3) is 4.41. The smallest absolute Gasteiger partial charge is 0.0565 e. The lowest BCUT2D eigenvalue weighted by atomic mass is 9.86. The van der Waals surface area contributed by atoms with E-state index in [0.717, 1.165) is 6.42 Å². The van der Waals surface area contributed by atoms with Crippen molar-refractivity contribution < 1.29 is 0 Å². The molecule has 2 nitrogen and oxygen atoms in total. The third-order valence-corrected chi connectivity index (χ3v) is 2.55. The number of rotatable bonds is 4. The Labute approximate surface area is 83.0 Å². The molecule has 0 aromatic rings. The highest BCUT2D eigenvalue weighted by atomic mass is 15.1. The van der Waals surface area contributed by atoms with E-state index in [9.17, 15) is 0 Å². The molecule has 0 saturated heterocycles. The standard InChI is InChI=1S/C11H24N2/c1-8-12-10(2,3)9-11(4,5)13(6)7/h8H,9H2,1-7H3. The topological polar surface area (TPSA) is 15.6 Å².